The molecule has 1 aliphatic rings. The van der Waals surface area contributed by atoms with Gasteiger partial charge in [0.25, 0.3) is 5.91 Å². The zero-order valence-corrected chi connectivity index (χ0v) is 20.1. The molecule has 1 atom stereocenters. The molecular weight excluding hydrogens is 487 g/mol. The molecule has 2 heterocycles. The van der Waals surface area contributed by atoms with Crippen molar-refractivity contribution in [3.8, 4) is 11.4 Å². The number of alkyl halides is 2. The van der Waals surface area contributed by atoms with E-state index in [9.17, 15) is 27.5 Å². The summed E-state index contributed by atoms with van der Waals surface area (Å²) in [5.74, 6) is -1.68. The van der Waals surface area contributed by atoms with Crippen LogP contribution in [0.1, 0.15) is 43.6 Å². The zero-order valence-electron chi connectivity index (χ0n) is 19.3. The topological polar surface area (TPSA) is 106 Å². The number of nitrogens with one attached hydrogen (secondary N) is 1. The van der Waals surface area contributed by atoms with Crippen LogP contribution < -0.4 is 15.7 Å². The quantitative estimate of drug-likeness (QED) is 0.441. The summed E-state index contributed by atoms with van der Waals surface area (Å²) in [7, 11) is -2.80. The number of nitrogens with zero attached hydrogens (tertiary/aromatic N) is 2. The highest BCUT2D eigenvalue weighted by Gasteiger charge is 2.40. The maximum atomic E-state index is 15.2. The van der Waals surface area contributed by atoms with Gasteiger partial charge in [0.15, 0.2) is 0 Å². The fourth-order valence-electron chi connectivity index (χ4n) is 4.44. The highest BCUT2D eigenvalue weighted by Crippen LogP contribution is 2.50. The summed E-state index contributed by atoms with van der Waals surface area (Å²) < 4.78 is 67.4. The molecule has 2 aromatic carbocycles. The first-order valence-electron chi connectivity index (χ1n) is 10.9. The van der Waals surface area contributed by atoms with E-state index in [2.05, 4.69) is 10.1 Å². The fourth-order valence-corrected chi connectivity index (χ4v) is 6.60. The maximum Gasteiger partial charge on any atom is 0.387 e. The Hall–Kier alpha value is -2.96. The molecule has 0 radical (unpaired) electrons. The Morgan fingerprint density at radius 3 is 2.51 bits per heavy atom. The average Bonchev–Trinajstić information content (AvgIpc) is 3.17. The predicted molar refractivity (Wildman–Crippen MR) is 128 cm³/mol. The number of rotatable bonds is 6. The van der Waals surface area contributed by atoms with Crippen LogP contribution >= 0.6 is 10.6 Å². The summed E-state index contributed by atoms with van der Waals surface area (Å²) in [4.78, 5) is 26.3. The number of fused-ring (bicyclic) bond motifs is 1. The average molecular weight is 514 g/mol. The largest absolute Gasteiger partial charge is 0.435 e. The lowest BCUT2D eigenvalue weighted by molar-refractivity contribution is -0.0498. The molecule has 4 rings (SSSR count). The molecule has 35 heavy (non-hydrogen) atoms. The van der Waals surface area contributed by atoms with Gasteiger partial charge in [0, 0.05) is 23.9 Å². The summed E-state index contributed by atoms with van der Waals surface area (Å²) in [5, 5.41) is 2.70. The smallest absolute Gasteiger partial charge is 0.387 e. The van der Waals surface area contributed by atoms with Crippen molar-refractivity contribution in [3.63, 3.8) is 0 Å². The number of ether oxygens (including phenoxy) is 1. The van der Waals surface area contributed by atoms with Crippen molar-refractivity contribution in [2.45, 2.75) is 45.4 Å². The van der Waals surface area contributed by atoms with E-state index < -0.39 is 40.2 Å². The van der Waals surface area contributed by atoms with E-state index in [1.54, 1.807) is 20.8 Å². The van der Waals surface area contributed by atoms with Crippen molar-refractivity contribution >= 4 is 27.5 Å². The number of carbonyl (C=O) groups is 1. The van der Waals surface area contributed by atoms with Crippen LogP contribution in [-0.4, -0.2) is 47.8 Å². The van der Waals surface area contributed by atoms with Crippen LogP contribution in [0.2, 0.25) is 0 Å². The molecule has 0 saturated carbocycles. The molecule has 1 fully saturated rings. The van der Waals surface area contributed by atoms with E-state index in [0.717, 1.165) is 6.07 Å². The second-order valence-electron chi connectivity index (χ2n) is 9.19. The summed E-state index contributed by atoms with van der Waals surface area (Å²) in [6.07, 6.45) is 0.328. The maximum absolute atomic E-state index is 15.2. The summed E-state index contributed by atoms with van der Waals surface area (Å²) >= 11 is 0. The molecule has 1 unspecified atom stereocenters. The second-order valence-corrected chi connectivity index (χ2v) is 11.5. The van der Waals surface area contributed by atoms with Gasteiger partial charge in [-0.25, -0.2) is 9.18 Å². The molecule has 1 saturated heterocycles. The minimum Gasteiger partial charge on any atom is -0.435 e. The lowest BCUT2D eigenvalue weighted by Gasteiger charge is -2.30. The Bertz CT molecular complexity index is 1350. The lowest BCUT2D eigenvalue weighted by Crippen LogP contribution is -2.46. The molecule has 1 aromatic heterocycles. The molecule has 3 aromatic rings. The van der Waals surface area contributed by atoms with Crippen LogP contribution in [0.15, 0.2) is 41.2 Å². The number of benzene rings is 2. The Labute approximate surface area is 200 Å². The van der Waals surface area contributed by atoms with E-state index >= 15 is 4.39 Å². The van der Waals surface area contributed by atoms with Crippen LogP contribution in [0.5, 0.6) is 5.75 Å². The Balaban J connectivity index is 1.82. The van der Waals surface area contributed by atoms with Gasteiger partial charge in [-0.15, -0.1) is 0 Å². The Morgan fingerprint density at radius 1 is 1.20 bits per heavy atom. The van der Waals surface area contributed by atoms with Crippen molar-refractivity contribution in [1.82, 2.24) is 14.5 Å². The third-order valence-corrected chi connectivity index (χ3v) is 7.93. The first-order valence-corrected chi connectivity index (χ1v) is 12.8. The van der Waals surface area contributed by atoms with Crippen LogP contribution in [0.25, 0.3) is 16.7 Å². The van der Waals surface area contributed by atoms with Crippen molar-refractivity contribution in [1.29, 1.82) is 0 Å². The normalized spacial score (nSPS) is 20.5. The van der Waals surface area contributed by atoms with Gasteiger partial charge in [-0.05, 0) is 45.4 Å². The fraction of sp³-hybridized carbons (Fsp3) is 0.391. The highest BCUT2D eigenvalue weighted by molar-refractivity contribution is 8.24. The number of imidazole rings is 1. The summed E-state index contributed by atoms with van der Waals surface area (Å²) in [6, 6.07) is 7.45. The second kappa shape index (κ2) is 8.92. The number of hydrogen-bond acceptors (Lipinski definition) is 5. The van der Waals surface area contributed by atoms with E-state index in [0.29, 0.717) is 6.42 Å². The Kier molecular flexibility index (Phi) is 6.41. The molecule has 190 valence electrons. The predicted octanol–water partition coefficient (Wildman–Crippen LogP) is 4.76. The van der Waals surface area contributed by atoms with Gasteiger partial charge in [-0.2, -0.15) is 19.4 Å². The SMILES string of the molecule is CC(C)n1c(=O)n(-c2cccc(OC(F)F)c2)c2cc(F)c(C(=O)NC3(C)CCS(O)(O)C3)cc21. The van der Waals surface area contributed by atoms with Crippen molar-refractivity contribution < 1.29 is 31.8 Å². The number of amides is 1. The van der Waals surface area contributed by atoms with E-state index in [4.69, 9.17) is 0 Å². The molecule has 1 amide bonds. The van der Waals surface area contributed by atoms with Crippen LogP contribution in [0.3, 0.4) is 0 Å². The molecule has 1 aliphatic heterocycles. The van der Waals surface area contributed by atoms with Gasteiger partial charge in [-0.1, -0.05) is 6.07 Å². The molecule has 0 spiro atoms. The van der Waals surface area contributed by atoms with Crippen molar-refractivity contribution in [2.75, 3.05) is 11.5 Å². The molecule has 0 aliphatic carbocycles. The number of hydrogen-bond donors (Lipinski definition) is 3. The van der Waals surface area contributed by atoms with Gasteiger partial charge in [0.2, 0.25) is 0 Å². The third-order valence-electron chi connectivity index (χ3n) is 5.97. The van der Waals surface area contributed by atoms with Crippen LogP contribution in [-0.2, 0) is 0 Å². The van der Waals surface area contributed by atoms with E-state index in [1.165, 1.54) is 39.5 Å². The van der Waals surface area contributed by atoms with Crippen LogP contribution in [0, 0.1) is 5.82 Å². The summed E-state index contributed by atoms with van der Waals surface area (Å²) in [5.41, 5.74) is -1.14. The standard InChI is InChI=1S/C23H26F3N3O5S/c1-13(2)28-18-10-16(20(30)27-23(3)7-8-35(32,33)12-23)17(24)11-19(18)29(22(28)31)14-5-4-6-15(9-14)34-21(25)26/h4-6,9-11,13,21,32-33H,7-8,12H2,1-3H3,(H,27,30). The molecule has 3 N–H and O–H groups in total. The first-order chi connectivity index (χ1) is 16.3. The first kappa shape index (κ1) is 25.1. The van der Waals surface area contributed by atoms with Crippen molar-refractivity contribution in [3.05, 3.63) is 58.3 Å². The van der Waals surface area contributed by atoms with Gasteiger partial charge in [-0.3, -0.25) is 23.0 Å². The lowest BCUT2D eigenvalue weighted by atomic mass is 10.0. The highest BCUT2D eigenvalue weighted by atomic mass is 32.3. The monoisotopic (exact) mass is 513 g/mol. The third kappa shape index (κ3) is 4.91. The number of aromatic nitrogens is 2. The van der Waals surface area contributed by atoms with Crippen molar-refractivity contribution in [2.24, 2.45) is 0 Å². The molecular formula is C23H26F3N3O5S. The van der Waals surface area contributed by atoms with Crippen LogP contribution in [0.4, 0.5) is 13.2 Å². The molecule has 12 heteroatoms. The van der Waals surface area contributed by atoms with E-state index in [-0.39, 0.29) is 45.6 Å². The van der Waals surface area contributed by atoms with Gasteiger partial charge >= 0.3 is 12.3 Å². The van der Waals surface area contributed by atoms with Gasteiger partial charge < -0.3 is 10.1 Å². The summed E-state index contributed by atoms with van der Waals surface area (Å²) in [6.45, 7) is 2.10. The van der Waals surface area contributed by atoms with Gasteiger partial charge in [0.1, 0.15) is 11.6 Å². The zero-order chi connectivity index (χ0) is 25.7. The molecule has 0 bridgehead atoms. The number of carbonyl (C=O) groups excluding carboxylic acids is 1. The Morgan fingerprint density at radius 2 is 1.91 bits per heavy atom. The minimum absolute atomic E-state index is 0.0281. The number of halogens is 3. The molecule has 8 nitrogen and oxygen atoms in total. The van der Waals surface area contributed by atoms with E-state index in [1.807, 2.05) is 0 Å². The minimum atomic E-state index is -3.05. The van der Waals surface area contributed by atoms with Gasteiger partial charge in [0.05, 0.1) is 33.6 Å².